The van der Waals surface area contributed by atoms with E-state index in [0.717, 1.165) is 33.4 Å². The molecule has 2 bridgehead atoms. The molecule has 13 nitrogen and oxygen atoms in total. The Labute approximate surface area is 345 Å². The van der Waals surface area contributed by atoms with Crippen LogP contribution < -0.4 is 9.64 Å². The van der Waals surface area contributed by atoms with Crippen LogP contribution in [0.25, 0.3) is 10.9 Å². The lowest BCUT2D eigenvalue weighted by atomic mass is 9.47. The monoisotopic (exact) mass is 810 g/mol. The summed E-state index contributed by atoms with van der Waals surface area (Å²) in [5.41, 5.74) is -1.62. The van der Waals surface area contributed by atoms with Crippen molar-refractivity contribution in [3.63, 3.8) is 0 Å². The summed E-state index contributed by atoms with van der Waals surface area (Å²) < 4.78 is 23.9. The molecule has 2 saturated heterocycles. The van der Waals surface area contributed by atoms with Gasteiger partial charge in [-0.15, -0.1) is 0 Å². The number of aromatic amines is 1. The smallest absolute Gasteiger partial charge is 0.344 e. The highest BCUT2D eigenvalue weighted by Crippen LogP contribution is 2.68. The van der Waals surface area contributed by atoms with Crippen LogP contribution in [-0.4, -0.2) is 133 Å². The van der Waals surface area contributed by atoms with Crippen molar-refractivity contribution in [3.05, 3.63) is 70.9 Å². The Hall–Kier alpha value is -4.43. The molecule has 3 N–H and O–H groups in total. The number of methoxy groups -OCH3 is 3. The van der Waals surface area contributed by atoms with Crippen LogP contribution in [0.2, 0.25) is 0 Å². The maximum atomic E-state index is 15.3. The number of rotatable bonds is 7. The molecule has 9 rings (SSSR count). The van der Waals surface area contributed by atoms with Gasteiger partial charge in [0.25, 0.3) is 0 Å². The first-order valence-corrected chi connectivity index (χ1v) is 21.2. The number of anilines is 1. The maximum absolute atomic E-state index is 15.3. The van der Waals surface area contributed by atoms with Gasteiger partial charge in [0.05, 0.1) is 33.0 Å². The van der Waals surface area contributed by atoms with Gasteiger partial charge in [-0.2, -0.15) is 0 Å². The zero-order valence-corrected chi connectivity index (χ0v) is 35.3. The van der Waals surface area contributed by atoms with Crippen molar-refractivity contribution >= 4 is 34.5 Å². The number of H-pyrrole nitrogens is 1. The number of benzene rings is 2. The molecule has 1 spiro atoms. The fraction of sp³-hybridized carbons (Fsp3) is 0.587. The third-order valence-electron chi connectivity index (χ3n) is 15.6. The van der Waals surface area contributed by atoms with Gasteiger partial charge >= 0.3 is 17.9 Å². The van der Waals surface area contributed by atoms with Crippen LogP contribution in [0, 0.1) is 11.3 Å². The number of hydrogen-bond acceptors (Lipinski definition) is 12. The Morgan fingerprint density at radius 1 is 0.949 bits per heavy atom. The van der Waals surface area contributed by atoms with E-state index in [1.165, 1.54) is 21.1 Å². The third kappa shape index (κ3) is 5.20. The number of para-hydroxylation sites is 1. The largest absolute Gasteiger partial charge is 0.496 e. The fourth-order valence-corrected chi connectivity index (χ4v) is 13.5. The first kappa shape index (κ1) is 40.0. The van der Waals surface area contributed by atoms with E-state index in [-0.39, 0.29) is 12.0 Å². The Balaban J connectivity index is 1.36. The molecular weight excluding hydrogens is 753 g/mol. The van der Waals surface area contributed by atoms with Gasteiger partial charge in [0.2, 0.25) is 5.60 Å². The summed E-state index contributed by atoms with van der Waals surface area (Å²) in [5.74, 6) is -1.56. The highest BCUT2D eigenvalue weighted by molar-refractivity contribution is 5.95. The number of hydrogen-bond donors (Lipinski definition) is 3. The molecule has 3 fully saturated rings. The molecule has 0 amide bonds. The van der Waals surface area contributed by atoms with Crippen molar-refractivity contribution in [2.45, 2.75) is 99.5 Å². The Bertz CT molecular complexity index is 2260. The summed E-state index contributed by atoms with van der Waals surface area (Å²) in [6.07, 6.45) is 5.94. The molecule has 1 aliphatic carbocycles. The number of likely N-dealkylation sites (N-methyl/N-ethyl adjacent to an activating group) is 1. The van der Waals surface area contributed by atoms with Gasteiger partial charge in [-0.05, 0) is 74.2 Å². The van der Waals surface area contributed by atoms with Gasteiger partial charge in [-0.1, -0.05) is 44.2 Å². The number of carbonyl (C=O) groups is 3. The van der Waals surface area contributed by atoms with E-state index in [1.54, 1.807) is 7.11 Å². The molecule has 3 aromatic rings. The number of aromatic nitrogens is 1. The van der Waals surface area contributed by atoms with E-state index in [4.69, 9.17) is 18.9 Å². The van der Waals surface area contributed by atoms with E-state index in [1.807, 2.05) is 50.1 Å². The molecule has 6 heterocycles. The summed E-state index contributed by atoms with van der Waals surface area (Å²) in [4.78, 5) is 53.2. The molecule has 59 heavy (non-hydrogen) atoms. The molecule has 0 radical (unpaired) electrons. The fourth-order valence-electron chi connectivity index (χ4n) is 13.5. The van der Waals surface area contributed by atoms with Crippen LogP contribution in [0.1, 0.15) is 75.3 Å². The highest BCUT2D eigenvalue weighted by atomic mass is 16.6. The summed E-state index contributed by atoms with van der Waals surface area (Å²) in [7, 11) is 6.15. The molecule has 6 aliphatic rings. The number of piperidine rings is 1. The molecule has 2 aromatic carbocycles. The van der Waals surface area contributed by atoms with Gasteiger partial charge in [-0.25, -0.2) is 4.79 Å². The summed E-state index contributed by atoms with van der Waals surface area (Å²) in [5, 5.41) is 26.3. The summed E-state index contributed by atoms with van der Waals surface area (Å²) >= 11 is 0. The first-order valence-electron chi connectivity index (χ1n) is 21.2. The lowest BCUT2D eigenvalue weighted by molar-refractivity contribution is -0.228. The minimum absolute atomic E-state index is 0.0986. The van der Waals surface area contributed by atoms with Crippen LogP contribution in [0.4, 0.5) is 5.69 Å². The minimum Gasteiger partial charge on any atom is -0.496 e. The van der Waals surface area contributed by atoms with Gasteiger partial charge in [0, 0.05) is 90.9 Å². The predicted molar refractivity (Wildman–Crippen MR) is 220 cm³/mol. The molecule has 316 valence electrons. The molecule has 2 unspecified atom stereocenters. The predicted octanol–water partition coefficient (Wildman–Crippen LogP) is 3.99. The second kappa shape index (κ2) is 13.8. The van der Waals surface area contributed by atoms with Crippen LogP contribution in [0.3, 0.4) is 0 Å². The SMILES string of the molecule is CC[C@]1(O)C[C@H]2CN(CCc3c([nH]c4ccccc34)[C@@](C(=O)OC)(c3cc4c(cc3OC)N(C)[C@H]3[C@@](O)(C(=O)OC)[C@H](OC(C)=O)[C@]5(CC)C=CCN6CC[C@]43C65)C2)C1. The summed E-state index contributed by atoms with van der Waals surface area (Å²) in [6.45, 7) is 8.62. The topological polar surface area (TPSA) is 154 Å². The maximum Gasteiger partial charge on any atom is 0.344 e. The van der Waals surface area contributed by atoms with E-state index in [0.29, 0.717) is 82.6 Å². The normalized spacial score (nSPS) is 37.0. The zero-order valence-electron chi connectivity index (χ0n) is 35.3. The molecule has 1 saturated carbocycles. The molecule has 10 atom stereocenters. The Morgan fingerprint density at radius 3 is 2.41 bits per heavy atom. The van der Waals surface area contributed by atoms with E-state index in [9.17, 15) is 19.8 Å². The van der Waals surface area contributed by atoms with Gasteiger partial charge in [0.15, 0.2) is 6.10 Å². The average Bonchev–Trinajstić information content (AvgIpc) is 3.90. The third-order valence-corrected chi connectivity index (χ3v) is 15.6. The van der Waals surface area contributed by atoms with Crippen molar-refractivity contribution in [3.8, 4) is 5.75 Å². The zero-order chi connectivity index (χ0) is 41.9. The first-order chi connectivity index (χ1) is 28.2. The Kier molecular flexibility index (Phi) is 9.36. The van der Waals surface area contributed by atoms with Crippen molar-refractivity contribution in [1.82, 2.24) is 14.8 Å². The minimum atomic E-state index is -2.30. The average molecular weight is 811 g/mol. The Morgan fingerprint density at radius 2 is 1.71 bits per heavy atom. The number of carbonyl (C=O) groups excluding carboxylic acids is 3. The van der Waals surface area contributed by atoms with Gasteiger partial charge < -0.3 is 39.0 Å². The van der Waals surface area contributed by atoms with E-state index >= 15 is 4.79 Å². The number of ether oxygens (including phenoxy) is 4. The summed E-state index contributed by atoms with van der Waals surface area (Å²) in [6, 6.07) is 11.0. The second-order valence-corrected chi connectivity index (χ2v) is 18.2. The number of nitrogens with one attached hydrogen (secondary N) is 1. The van der Waals surface area contributed by atoms with Crippen molar-refractivity contribution in [2.24, 2.45) is 11.3 Å². The van der Waals surface area contributed by atoms with E-state index < -0.39 is 57.5 Å². The number of aliphatic hydroxyl groups is 2. The van der Waals surface area contributed by atoms with Crippen molar-refractivity contribution in [2.75, 3.05) is 66.0 Å². The number of nitrogens with zero attached hydrogens (tertiary/aromatic N) is 3. The standard InChI is InChI=1S/C46H58N4O9/c1-8-42(54)23-28-24-45(40(52)57-6,36-30(15-19-49(25-28)26-42)29-13-10-11-14-33(29)47-36)32-21-31-34(22-35(32)56-5)48(4)38-44(31)17-20-50-18-12-16-43(9-2,37(44)50)39(59-27(3)51)46(38,55)41(53)58-7/h10-14,16,21-22,28,37-39,47,54-55H,8-9,15,17-20,23-26H2,1-7H3/t28-,37?,38-,39-,42+,43-,44-,45+,46+/m1/s1. The lowest BCUT2D eigenvalue weighted by Gasteiger charge is -2.63. The molecule has 1 aromatic heterocycles. The van der Waals surface area contributed by atoms with Crippen molar-refractivity contribution in [1.29, 1.82) is 0 Å². The molecular formula is C46H58N4O9. The van der Waals surface area contributed by atoms with Crippen molar-refractivity contribution < 1.29 is 43.5 Å². The van der Waals surface area contributed by atoms with Crippen LogP contribution in [0.5, 0.6) is 5.75 Å². The highest BCUT2D eigenvalue weighted by Gasteiger charge is 2.80. The van der Waals surface area contributed by atoms with E-state index in [2.05, 4.69) is 39.1 Å². The van der Waals surface area contributed by atoms with Gasteiger partial charge in [-0.3, -0.25) is 19.4 Å². The number of esters is 3. The molecule has 13 heteroatoms. The lowest BCUT2D eigenvalue weighted by Crippen LogP contribution is -2.81. The van der Waals surface area contributed by atoms with Crippen LogP contribution >= 0.6 is 0 Å². The second-order valence-electron chi connectivity index (χ2n) is 18.2. The van der Waals surface area contributed by atoms with Gasteiger partial charge in [0.1, 0.15) is 11.2 Å². The quantitative estimate of drug-likeness (QED) is 0.180. The number of fused-ring (bicyclic) bond motifs is 6. The van der Waals surface area contributed by atoms with Crippen LogP contribution in [0.15, 0.2) is 48.6 Å². The molecule has 5 aliphatic heterocycles. The van der Waals surface area contributed by atoms with Crippen LogP contribution in [-0.2, 0) is 45.8 Å².